The van der Waals surface area contributed by atoms with Crippen LogP contribution in [0.2, 0.25) is 0 Å². The fraction of sp³-hybridized carbons (Fsp3) is 0.550. The molecule has 1 aromatic carbocycles. The number of carbonyl (C=O) groups excluding carboxylic acids is 3. The maximum absolute atomic E-state index is 12.9. The maximum Gasteiger partial charge on any atom is 0.255 e. The highest BCUT2D eigenvalue weighted by atomic mass is 16.2. The van der Waals surface area contributed by atoms with E-state index in [0.29, 0.717) is 23.9 Å². The lowest BCUT2D eigenvalue weighted by Gasteiger charge is -2.39. The maximum atomic E-state index is 12.9. The molecule has 4 aliphatic heterocycles. The molecule has 2 N–H and O–H groups in total. The van der Waals surface area contributed by atoms with Crippen molar-refractivity contribution >= 4 is 17.7 Å². The zero-order valence-electron chi connectivity index (χ0n) is 15.3. The fourth-order valence-electron chi connectivity index (χ4n) is 4.97. The normalized spacial score (nSPS) is 27.0. The summed E-state index contributed by atoms with van der Waals surface area (Å²) in [4.78, 5) is 40.7. The highest BCUT2D eigenvalue weighted by molar-refractivity contribution is 6.05. The molecular formula is C20H24N4O3. The summed E-state index contributed by atoms with van der Waals surface area (Å²) < 4.78 is 0. The van der Waals surface area contributed by atoms with E-state index in [9.17, 15) is 14.4 Å². The quantitative estimate of drug-likeness (QED) is 0.747. The van der Waals surface area contributed by atoms with E-state index in [-0.39, 0.29) is 24.1 Å². The topological polar surface area (TPSA) is 81.8 Å². The first-order valence-corrected chi connectivity index (χ1v) is 9.73. The van der Waals surface area contributed by atoms with E-state index in [0.717, 1.165) is 38.3 Å². The number of piperidine rings is 1. The third-order valence-corrected chi connectivity index (χ3v) is 6.59. The SMILES string of the molecule is O=C1CCC(N2Cc3c(CN4CCC5(CNC5)C4)cccc3C2=O)C(=O)N1. The van der Waals surface area contributed by atoms with Crippen molar-refractivity contribution in [2.24, 2.45) is 5.41 Å². The summed E-state index contributed by atoms with van der Waals surface area (Å²) in [5, 5.41) is 5.75. The number of rotatable bonds is 3. The molecule has 7 nitrogen and oxygen atoms in total. The van der Waals surface area contributed by atoms with Crippen LogP contribution in [0.4, 0.5) is 0 Å². The van der Waals surface area contributed by atoms with Gasteiger partial charge in [-0.25, -0.2) is 0 Å². The van der Waals surface area contributed by atoms with Gasteiger partial charge in [-0.3, -0.25) is 24.6 Å². The molecule has 0 bridgehead atoms. The zero-order chi connectivity index (χ0) is 18.6. The Balaban J connectivity index is 1.35. The Morgan fingerprint density at radius 3 is 2.74 bits per heavy atom. The molecule has 3 saturated heterocycles. The Morgan fingerprint density at radius 2 is 2.04 bits per heavy atom. The molecule has 1 atom stereocenters. The van der Waals surface area contributed by atoms with Gasteiger partial charge in [0.25, 0.3) is 5.91 Å². The van der Waals surface area contributed by atoms with Gasteiger partial charge in [-0.1, -0.05) is 12.1 Å². The van der Waals surface area contributed by atoms with Gasteiger partial charge >= 0.3 is 0 Å². The third-order valence-electron chi connectivity index (χ3n) is 6.59. The van der Waals surface area contributed by atoms with Gasteiger partial charge in [0, 0.05) is 50.1 Å². The molecule has 0 saturated carbocycles. The Kier molecular flexibility index (Phi) is 3.84. The number of benzene rings is 1. The summed E-state index contributed by atoms with van der Waals surface area (Å²) in [5.74, 6) is -0.704. The van der Waals surface area contributed by atoms with Crippen molar-refractivity contribution in [3.8, 4) is 0 Å². The summed E-state index contributed by atoms with van der Waals surface area (Å²) in [5.41, 5.74) is 3.38. The fourth-order valence-corrected chi connectivity index (χ4v) is 4.97. The van der Waals surface area contributed by atoms with Gasteiger partial charge in [-0.2, -0.15) is 0 Å². The summed E-state index contributed by atoms with van der Waals surface area (Å²) >= 11 is 0. The molecule has 1 unspecified atom stereocenters. The highest BCUT2D eigenvalue weighted by Crippen LogP contribution is 2.36. The number of hydrogen-bond donors (Lipinski definition) is 2. The molecule has 4 heterocycles. The van der Waals surface area contributed by atoms with E-state index >= 15 is 0 Å². The Bertz CT molecular complexity index is 833. The molecule has 0 aromatic heterocycles. The van der Waals surface area contributed by atoms with Crippen LogP contribution in [0.1, 0.15) is 40.7 Å². The van der Waals surface area contributed by atoms with Crippen molar-refractivity contribution in [2.75, 3.05) is 26.2 Å². The van der Waals surface area contributed by atoms with Crippen LogP contribution in [0, 0.1) is 5.41 Å². The molecular weight excluding hydrogens is 344 g/mol. The van der Waals surface area contributed by atoms with Crippen LogP contribution in [0.25, 0.3) is 0 Å². The second-order valence-corrected chi connectivity index (χ2v) is 8.41. The number of likely N-dealkylation sites (tertiary alicyclic amines) is 1. The van der Waals surface area contributed by atoms with E-state index in [4.69, 9.17) is 0 Å². The molecule has 1 spiro atoms. The first-order chi connectivity index (χ1) is 13.0. The van der Waals surface area contributed by atoms with Crippen molar-refractivity contribution < 1.29 is 14.4 Å². The van der Waals surface area contributed by atoms with Crippen LogP contribution in [0.15, 0.2) is 18.2 Å². The average molecular weight is 368 g/mol. The van der Waals surface area contributed by atoms with Crippen LogP contribution < -0.4 is 10.6 Å². The monoisotopic (exact) mass is 368 g/mol. The van der Waals surface area contributed by atoms with Crippen molar-refractivity contribution in [3.05, 3.63) is 34.9 Å². The summed E-state index contributed by atoms with van der Waals surface area (Å²) in [6.45, 7) is 5.72. The predicted octanol–water partition coefficient (Wildman–Crippen LogP) is 0.243. The van der Waals surface area contributed by atoms with Crippen molar-refractivity contribution in [3.63, 3.8) is 0 Å². The van der Waals surface area contributed by atoms with Crippen molar-refractivity contribution in [1.82, 2.24) is 20.4 Å². The lowest BCUT2D eigenvalue weighted by molar-refractivity contribution is -0.136. The number of nitrogens with zero attached hydrogens (tertiary/aromatic N) is 2. The zero-order valence-corrected chi connectivity index (χ0v) is 15.3. The van der Waals surface area contributed by atoms with Gasteiger partial charge in [0.05, 0.1) is 0 Å². The first kappa shape index (κ1) is 16.9. The molecule has 3 amide bonds. The lowest BCUT2D eigenvalue weighted by atomic mass is 9.81. The summed E-state index contributed by atoms with van der Waals surface area (Å²) in [6, 6.07) is 5.35. The molecule has 4 aliphatic rings. The third kappa shape index (κ3) is 2.76. The minimum atomic E-state index is -0.549. The van der Waals surface area contributed by atoms with Crippen LogP contribution in [0.5, 0.6) is 0 Å². The van der Waals surface area contributed by atoms with Crippen molar-refractivity contribution in [2.45, 2.75) is 38.4 Å². The molecule has 0 radical (unpaired) electrons. The Morgan fingerprint density at radius 1 is 1.19 bits per heavy atom. The Labute approximate surface area is 158 Å². The summed E-state index contributed by atoms with van der Waals surface area (Å²) in [7, 11) is 0. The number of hydrogen-bond acceptors (Lipinski definition) is 5. The molecule has 7 heteroatoms. The largest absolute Gasteiger partial charge is 0.322 e. The minimum absolute atomic E-state index is 0.0950. The van der Waals surface area contributed by atoms with Gasteiger partial charge in [-0.05, 0) is 36.6 Å². The standard InChI is InChI=1S/C20H24N4O3/c25-17-5-4-16(18(26)22-17)24-9-15-13(2-1-3-14(15)19(24)27)8-23-7-6-20(12-23)10-21-11-20/h1-3,16,21H,4-12H2,(H,22,25,26). The van der Waals surface area contributed by atoms with E-state index in [2.05, 4.69) is 21.6 Å². The predicted molar refractivity (Wildman–Crippen MR) is 97.7 cm³/mol. The van der Waals surface area contributed by atoms with Gasteiger partial charge in [0.15, 0.2) is 0 Å². The van der Waals surface area contributed by atoms with Gasteiger partial charge in [-0.15, -0.1) is 0 Å². The van der Waals surface area contributed by atoms with E-state index < -0.39 is 6.04 Å². The number of imide groups is 1. The second kappa shape index (κ2) is 6.14. The molecule has 1 aromatic rings. The Hall–Kier alpha value is -2.25. The van der Waals surface area contributed by atoms with Crippen LogP contribution in [-0.4, -0.2) is 59.7 Å². The van der Waals surface area contributed by atoms with Crippen LogP contribution in [0.3, 0.4) is 0 Å². The lowest BCUT2D eigenvalue weighted by Crippen LogP contribution is -2.54. The number of carbonyl (C=O) groups is 3. The number of nitrogens with one attached hydrogen (secondary N) is 2. The van der Waals surface area contributed by atoms with Crippen molar-refractivity contribution in [1.29, 1.82) is 0 Å². The molecule has 0 aliphatic carbocycles. The molecule has 5 rings (SSSR count). The van der Waals surface area contributed by atoms with Gasteiger partial charge in [0.2, 0.25) is 11.8 Å². The van der Waals surface area contributed by atoms with Gasteiger partial charge in [0.1, 0.15) is 6.04 Å². The van der Waals surface area contributed by atoms with E-state index in [1.165, 1.54) is 12.0 Å². The number of fused-ring (bicyclic) bond motifs is 1. The molecule has 27 heavy (non-hydrogen) atoms. The van der Waals surface area contributed by atoms with E-state index in [1.807, 2.05) is 12.1 Å². The highest BCUT2D eigenvalue weighted by Gasteiger charge is 2.43. The van der Waals surface area contributed by atoms with E-state index in [1.54, 1.807) is 4.90 Å². The number of amides is 3. The second-order valence-electron chi connectivity index (χ2n) is 8.41. The summed E-state index contributed by atoms with van der Waals surface area (Å²) in [6.07, 6.45) is 1.92. The molecule has 3 fully saturated rings. The smallest absolute Gasteiger partial charge is 0.255 e. The van der Waals surface area contributed by atoms with Crippen LogP contribution >= 0.6 is 0 Å². The minimum Gasteiger partial charge on any atom is -0.322 e. The molecule has 142 valence electrons. The average Bonchev–Trinajstić information content (AvgIpc) is 3.18. The first-order valence-electron chi connectivity index (χ1n) is 9.73. The van der Waals surface area contributed by atoms with Crippen LogP contribution in [-0.2, 0) is 22.7 Å². The van der Waals surface area contributed by atoms with Gasteiger partial charge < -0.3 is 10.2 Å².